The second kappa shape index (κ2) is 7.20. The number of rotatable bonds is 7. The summed E-state index contributed by atoms with van der Waals surface area (Å²) in [6, 6.07) is 10.0. The van der Waals surface area contributed by atoms with Gasteiger partial charge in [0.1, 0.15) is 5.60 Å². The van der Waals surface area contributed by atoms with Gasteiger partial charge in [0.25, 0.3) is 0 Å². The molecule has 100 valence electrons. The Hall–Kier alpha value is -1.31. The van der Waals surface area contributed by atoms with E-state index in [0.717, 1.165) is 18.4 Å². The van der Waals surface area contributed by atoms with E-state index in [9.17, 15) is 4.79 Å². The summed E-state index contributed by atoms with van der Waals surface area (Å²) in [5.41, 5.74) is 0.595. The van der Waals surface area contributed by atoms with Gasteiger partial charge in [0, 0.05) is 6.92 Å². The molecule has 1 aromatic rings. The minimum atomic E-state index is -0.485. The number of benzene rings is 1. The number of carbonyl (C=O) groups is 1. The number of hydrogen-bond acceptors (Lipinski definition) is 2. The standard InChI is InChI=1S/C16H24O2/c1-4-5-6-10-13-16(3,18-14(2)17)15-11-8-7-9-12-15/h7-9,11-12H,4-6,10,13H2,1-3H3. The van der Waals surface area contributed by atoms with Crippen LogP contribution in [-0.2, 0) is 15.1 Å². The third kappa shape index (κ3) is 4.52. The number of ether oxygens (including phenoxy) is 1. The molecule has 0 saturated heterocycles. The van der Waals surface area contributed by atoms with Gasteiger partial charge in [0.15, 0.2) is 0 Å². The van der Waals surface area contributed by atoms with E-state index in [4.69, 9.17) is 4.74 Å². The Labute approximate surface area is 110 Å². The summed E-state index contributed by atoms with van der Waals surface area (Å²) in [5, 5.41) is 0. The maximum atomic E-state index is 11.3. The van der Waals surface area contributed by atoms with Gasteiger partial charge < -0.3 is 4.74 Å². The van der Waals surface area contributed by atoms with Crippen LogP contribution in [-0.4, -0.2) is 5.97 Å². The fraction of sp³-hybridized carbons (Fsp3) is 0.562. The van der Waals surface area contributed by atoms with Crippen LogP contribution in [0.2, 0.25) is 0 Å². The predicted molar refractivity (Wildman–Crippen MR) is 74.3 cm³/mol. The SMILES string of the molecule is CCCCCCC(C)(OC(C)=O)c1ccccc1. The Balaban J connectivity index is 2.72. The van der Waals surface area contributed by atoms with E-state index in [0.29, 0.717) is 0 Å². The fourth-order valence-corrected chi connectivity index (χ4v) is 2.25. The topological polar surface area (TPSA) is 26.3 Å². The van der Waals surface area contributed by atoms with Crippen molar-refractivity contribution >= 4 is 5.97 Å². The average molecular weight is 248 g/mol. The summed E-state index contributed by atoms with van der Waals surface area (Å²) in [6.07, 6.45) is 5.63. The molecule has 1 unspecified atom stereocenters. The van der Waals surface area contributed by atoms with E-state index in [-0.39, 0.29) is 5.97 Å². The molecule has 0 aliphatic rings. The molecule has 0 amide bonds. The first-order valence-electron chi connectivity index (χ1n) is 6.83. The molecule has 18 heavy (non-hydrogen) atoms. The third-order valence-corrected chi connectivity index (χ3v) is 3.26. The largest absolute Gasteiger partial charge is 0.455 e. The number of unbranched alkanes of at least 4 members (excludes halogenated alkanes) is 3. The van der Waals surface area contributed by atoms with Gasteiger partial charge in [-0.2, -0.15) is 0 Å². The lowest BCUT2D eigenvalue weighted by molar-refractivity contribution is -0.157. The molecule has 0 aliphatic carbocycles. The lowest BCUT2D eigenvalue weighted by atomic mass is 9.89. The van der Waals surface area contributed by atoms with Crippen molar-refractivity contribution in [3.05, 3.63) is 35.9 Å². The van der Waals surface area contributed by atoms with Gasteiger partial charge in [0.05, 0.1) is 0 Å². The van der Waals surface area contributed by atoms with Crippen molar-refractivity contribution < 1.29 is 9.53 Å². The molecule has 0 heterocycles. The highest BCUT2D eigenvalue weighted by molar-refractivity contribution is 5.66. The highest BCUT2D eigenvalue weighted by Crippen LogP contribution is 2.31. The van der Waals surface area contributed by atoms with Gasteiger partial charge in [-0.05, 0) is 25.3 Å². The molecule has 0 aromatic heterocycles. The molecule has 0 N–H and O–H groups in total. The van der Waals surface area contributed by atoms with Gasteiger partial charge in [-0.15, -0.1) is 0 Å². The quantitative estimate of drug-likeness (QED) is 0.527. The molecule has 0 fully saturated rings. The second-order valence-electron chi connectivity index (χ2n) is 5.00. The van der Waals surface area contributed by atoms with E-state index in [1.807, 2.05) is 37.3 Å². The van der Waals surface area contributed by atoms with Crippen molar-refractivity contribution in [2.45, 2.75) is 58.5 Å². The van der Waals surface area contributed by atoms with Gasteiger partial charge in [-0.1, -0.05) is 56.5 Å². The highest BCUT2D eigenvalue weighted by atomic mass is 16.6. The molecular weight excluding hydrogens is 224 g/mol. The summed E-state index contributed by atoms with van der Waals surface area (Å²) in [6.45, 7) is 5.69. The Morgan fingerprint density at radius 1 is 1.17 bits per heavy atom. The van der Waals surface area contributed by atoms with Crippen LogP contribution in [0, 0.1) is 0 Å². The second-order valence-corrected chi connectivity index (χ2v) is 5.00. The molecule has 2 nitrogen and oxygen atoms in total. The van der Waals surface area contributed by atoms with Crippen LogP contribution in [0.15, 0.2) is 30.3 Å². The van der Waals surface area contributed by atoms with Crippen molar-refractivity contribution in [3.63, 3.8) is 0 Å². The summed E-state index contributed by atoms with van der Waals surface area (Å²) in [7, 11) is 0. The smallest absolute Gasteiger partial charge is 0.303 e. The molecule has 1 aromatic carbocycles. The van der Waals surface area contributed by atoms with Crippen molar-refractivity contribution in [3.8, 4) is 0 Å². The minimum Gasteiger partial charge on any atom is -0.455 e. The summed E-state index contributed by atoms with van der Waals surface area (Å²) in [5.74, 6) is -0.211. The van der Waals surface area contributed by atoms with E-state index in [2.05, 4.69) is 6.92 Å². The lowest BCUT2D eigenvalue weighted by Gasteiger charge is -2.29. The molecule has 0 aliphatic heterocycles. The van der Waals surface area contributed by atoms with Crippen molar-refractivity contribution in [2.75, 3.05) is 0 Å². The van der Waals surface area contributed by atoms with Gasteiger partial charge in [-0.3, -0.25) is 4.79 Å². The zero-order valence-corrected chi connectivity index (χ0v) is 11.7. The van der Waals surface area contributed by atoms with Crippen molar-refractivity contribution in [2.24, 2.45) is 0 Å². The Morgan fingerprint density at radius 2 is 1.83 bits per heavy atom. The molecule has 0 bridgehead atoms. The monoisotopic (exact) mass is 248 g/mol. The zero-order chi connectivity index (χ0) is 13.4. The minimum absolute atomic E-state index is 0.211. The van der Waals surface area contributed by atoms with Crippen LogP contribution >= 0.6 is 0 Å². The molecule has 1 atom stereocenters. The molecule has 1 rings (SSSR count). The maximum Gasteiger partial charge on any atom is 0.303 e. The van der Waals surface area contributed by atoms with Gasteiger partial charge in [0.2, 0.25) is 0 Å². The molecule has 0 radical (unpaired) electrons. The average Bonchev–Trinajstić information content (AvgIpc) is 2.35. The first-order valence-corrected chi connectivity index (χ1v) is 6.83. The van der Waals surface area contributed by atoms with E-state index >= 15 is 0 Å². The third-order valence-electron chi connectivity index (χ3n) is 3.26. The first kappa shape index (κ1) is 14.7. The number of carbonyl (C=O) groups excluding carboxylic acids is 1. The Morgan fingerprint density at radius 3 is 2.39 bits per heavy atom. The van der Waals surface area contributed by atoms with Gasteiger partial charge >= 0.3 is 5.97 Å². The first-order chi connectivity index (χ1) is 8.58. The van der Waals surface area contributed by atoms with Crippen LogP contribution in [0.4, 0.5) is 0 Å². The fourth-order valence-electron chi connectivity index (χ4n) is 2.25. The highest BCUT2D eigenvalue weighted by Gasteiger charge is 2.29. The molecular formula is C16H24O2. The van der Waals surface area contributed by atoms with Crippen LogP contribution in [0.25, 0.3) is 0 Å². The normalized spacial score (nSPS) is 13.9. The van der Waals surface area contributed by atoms with Crippen LogP contribution in [0.3, 0.4) is 0 Å². The van der Waals surface area contributed by atoms with E-state index in [1.165, 1.54) is 26.2 Å². The molecule has 2 heteroatoms. The van der Waals surface area contributed by atoms with Crippen molar-refractivity contribution in [1.29, 1.82) is 0 Å². The summed E-state index contributed by atoms with van der Waals surface area (Å²) >= 11 is 0. The summed E-state index contributed by atoms with van der Waals surface area (Å²) < 4.78 is 5.57. The van der Waals surface area contributed by atoms with Crippen LogP contribution in [0.5, 0.6) is 0 Å². The lowest BCUT2D eigenvalue weighted by Crippen LogP contribution is -2.28. The Kier molecular flexibility index (Phi) is 5.90. The van der Waals surface area contributed by atoms with E-state index in [1.54, 1.807) is 0 Å². The van der Waals surface area contributed by atoms with Crippen LogP contribution in [0.1, 0.15) is 58.4 Å². The molecule has 0 saturated carbocycles. The number of hydrogen-bond donors (Lipinski definition) is 0. The van der Waals surface area contributed by atoms with Crippen molar-refractivity contribution in [1.82, 2.24) is 0 Å². The molecule has 0 spiro atoms. The van der Waals surface area contributed by atoms with E-state index < -0.39 is 5.60 Å². The maximum absolute atomic E-state index is 11.3. The van der Waals surface area contributed by atoms with Gasteiger partial charge in [-0.25, -0.2) is 0 Å². The number of esters is 1. The zero-order valence-electron chi connectivity index (χ0n) is 11.7. The van der Waals surface area contributed by atoms with Crippen LogP contribution < -0.4 is 0 Å². The predicted octanol–water partition coefficient (Wildman–Crippen LogP) is 4.44. The Bertz CT molecular complexity index is 359. The summed E-state index contributed by atoms with van der Waals surface area (Å²) in [4.78, 5) is 11.3.